The Balaban J connectivity index is 1.60. The third-order valence-electron chi connectivity index (χ3n) is 5.26. The normalized spacial score (nSPS) is 20.3. The lowest BCUT2D eigenvalue weighted by Gasteiger charge is -2.29. The molecule has 1 heterocycles. The van der Waals surface area contributed by atoms with Crippen molar-refractivity contribution in [3.05, 3.63) is 77.4 Å². The summed E-state index contributed by atoms with van der Waals surface area (Å²) in [5.74, 6) is -2.04. The topological polar surface area (TPSA) is 96.4 Å². The summed E-state index contributed by atoms with van der Waals surface area (Å²) in [6.07, 6.45) is 0.906. The van der Waals surface area contributed by atoms with Gasteiger partial charge in [0.25, 0.3) is 15.9 Å². The van der Waals surface area contributed by atoms with Crippen molar-refractivity contribution in [2.24, 2.45) is 0 Å². The van der Waals surface area contributed by atoms with Gasteiger partial charge in [-0.15, -0.1) is 5.17 Å². The van der Waals surface area contributed by atoms with E-state index in [2.05, 4.69) is 0 Å². The molecule has 1 N–H and O–H groups in total. The highest BCUT2D eigenvalue weighted by Crippen LogP contribution is 2.30. The van der Waals surface area contributed by atoms with E-state index < -0.39 is 33.7 Å². The summed E-state index contributed by atoms with van der Waals surface area (Å²) in [4.78, 5) is 12.6. The van der Waals surface area contributed by atoms with Crippen molar-refractivity contribution in [3.63, 3.8) is 0 Å². The summed E-state index contributed by atoms with van der Waals surface area (Å²) >= 11 is 0. The number of benzene rings is 2. The molecule has 1 amide bonds. The molecule has 0 spiro atoms. The minimum Gasteiger partial charge on any atom is -0.349 e. The standard InChI is InChI=1S/C21H20F2N2O6S/c22-16-3-1-14(2-4-16)9-10-24(32(28,29)18-7-5-17(23)6-8-18)25(27)21(26)15-11-19-20(12-15)31-13-30-19/h1-8,11,19-20,27H,9-10,12-13H2. The highest BCUT2D eigenvalue weighted by atomic mass is 32.2. The Bertz CT molecular complexity index is 1120. The van der Waals surface area contributed by atoms with Crippen LogP contribution in [0.4, 0.5) is 8.78 Å². The van der Waals surface area contributed by atoms with E-state index in [0.717, 1.165) is 24.3 Å². The largest absolute Gasteiger partial charge is 0.349 e. The molecule has 2 aromatic rings. The van der Waals surface area contributed by atoms with Crippen LogP contribution in [0.1, 0.15) is 12.0 Å². The van der Waals surface area contributed by atoms with Crippen LogP contribution < -0.4 is 0 Å². The maximum atomic E-state index is 13.3. The van der Waals surface area contributed by atoms with Gasteiger partial charge in [-0.2, -0.15) is 0 Å². The van der Waals surface area contributed by atoms with E-state index in [1.165, 1.54) is 30.3 Å². The zero-order valence-corrected chi connectivity index (χ0v) is 17.5. The van der Waals surface area contributed by atoms with E-state index in [0.29, 0.717) is 9.98 Å². The van der Waals surface area contributed by atoms with Crippen molar-refractivity contribution < 1.29 is 36.7 Å². The van der Waals surface area contributed by atoms with Crippen LogP contribution in [0, 0.1) is 11.6 Å². The number of hydroxylamine groups is 1. The minimum absolute atomic E-state index is 0.0368. The van der Waals surface area contributed by atoms with E-state index in [-0.39, 0.29) is 47.9 Å². The van der Waals surface area contributed by atoms with Gasteiger partial charge in [-0.1, -0.05) is 16.5 Å². The maximum Gasteiger partial charge on any atom is 0.289 e. The van der Waals surface area contributed by atoms with Gasteiger partial charge < -0.3 is 9.47 Å². The molecular formula is C21H20F2N2O6S. The van der Waals surface area contributed by atoms with Gasteiger partial charge in [-0.3, -0.25) is 10.0 Å². The highest BCUT2D eigenvalue weighted by Gasteiger charge is 2.40. The van der Waals surface area contributed by atoms with Gasteiger partial charge in [-0.05, 0) is 54.5 Å². The Hall–Kier alpha value is -2.70. The summed E-state index contributed by atoms with van der Waals surface area (Å²) in [5.41, 5.74) is 0.728. The Kier molecular flexibility index (Phi) is 6.35. The number of carbonyl (C=O) groups is 1. The first-order chi connectivity index (χ1) is 15.3. The van der Waals surface area contributed by atoms with Crippen LogP contribution in [0.2, 0.25) is 0 Å². The number of fused-ring (bicyclic) bond motifs is 1. The number of nitrogens with zero attached hydrogens (tertiary/aromatic N) is 2. The number of hydrogen-bond donors (Lipinski definition) is 1. The molecule has 170 valence electrons. The lowest BCUT2D eigenvalue weighted by atomic mass is 10.1. The fraction of sp³-hybridized carbons (Fsp3) is 0.286. The van der Waals surface area contributed by atoms with Gasteiger partial charge in [0.05, 0.1) is 11.0 Å². The predicted octanol–water partition coefficient (Wildman–Crippen LogP) is 2.40. The molecule has 1 aliphatic carbocycles. The van der Waals surface area contributed by atoms with Crippen LogP contribution in [0.25, 0.3) is 0 Å². The first-order valence-corrected chi connectivity index (χ1v) is 11.2. The first-order valence-electron chi connectivity index (χ1n) is 9.75. The average Bonchev–Trinajstić information content (AvgIpc) is 3.37. The number of hydrogen-bond acceptors (Lipinski definition) is 6. The van der Waals surface area contributed by atoms with Crippen molar-refractivity contribution in [2.75, 3.05) is 13.3 Å². The Morgan fingerprint density at radius 1 is 1.03 bits per heavy atom. The van der Waals surface area contributed by atoms with Crippen molar-refractivity contribution in [1.29, 1.82) is 0 Å². The van der Waals surface area contributed by atoms with Gasteiger partial charge in [0.15, 0.2) is 0 Å². The van der Waals surface area contributed by atoms with Gasteiger partial charge >= 0.3 is 0 Å². The van der Waals surface area contributed by atoms with E-state index in [1.54, 1.807) is 0 Å². The quantitative estimate of drug-likeness (QED) is 0.497. The molecule has 2 atom stereocenters. The van der Waals surface area contributed by atoms with Gasteiger partial charge in [0.1, 0.15) is 24.5 Å². The molecule has 0 bridgehead atoms. The van der Waals surface area contributed by atoms with Crippen LogP contribution in [-0.4, -0.2) is 54.7 Å². The first kappa shape index (κ1) is 22.5. The molecule has 1 aliphatic heterocycles. The molecule has 0 radical (unpaired) electrons. The monoisotopic (exact) mass is 466 g/mol. The van der Waals surface area contributed by atoms with Crippen molar-refractivity contribution >= 4 is 15.9 Å². The molecule has 32 heavy (non-hydrogen) atoms. The second kappa shape index (κ2) is 9.04. The zero-order valence-electron chi connectivity index (χ0n) is 16.7. The molecule has 2 aliphatic rings. The SMILES string of the molecule is O=C(C1=CC2OCOC2C1)N(O)N(CCc1ccc(F)cc1)S(=O)(=O)c1ccc(F)cc1. The van der Waals surface area contributed by atoms with Crippen LogP contribution in [0.5, 0.6) is 0 Å². The predicted molar refractivity (Wildman–Crippen MR) is 106 cm³/mol. The summed E-state index contributed by atoms with van der Waals surface area (Å²) < 4.78 is 64.0. The molecule has 1 saturated heterocycles. The Morgan fingerprint density at radius 3 is 2.28 bits per heavy atom. The number of amides is 1. The number of halogens is 2. The smallest absolute Gasteiger partial charge is 0.289 e. The third-order valence-corrected chi connectivity index (χ3v) is 7.02. The van der Waals surface area contributed by atoms with Gasteiger partial charge in [0, 0.05) is 18.5 Å². The van der Waals surface area contributed by atoms with Crippen molar-refractivity contribution in [3.8, 4) is 0 Å². The van der Waals surface area contributed by atoms with Crippen molar-refractivity contribution in [2.45, 2.75) is 29.9 Å². The fourth-order valence-electron chi connectivity index (χ4n) is 3.53. The molecule has 2 unspecified atom stereocenters. The molecule has 8 nitrogen and oxygen atoms in total. The number of sulfonamides is 1. The second-order valence-corrected chi connectivity index (χ2v) is 9.17. The molecule has 1 fully saturated rings. The van der Waals surface area contributed by atoms with Gasteiger partial charge in [0.2, 0.25) is 0 Å². The molecule has 11 heteroatoms. The molecule has 2 aromatic carbocycles. The second-order valence-electron chi connectivity index (χ2n) is 7.33. The lowest BCUT2D eigenvalue weighted by Crippen LogP contribution is -2.49. The molecule has 4 rings (SSSR count). The van der Waals surface area contributed by atoms with E-state index in [4.69, 9.17) is 9.47 Å². The summed E-state index contributed by atoms with van der Waals surface area (Å²) in [7, 11) is -4.43. The zero-order chi connectivity index (χ0) is 22.9. The Labute approximate surface area is 183 Å². The van der Waals surface area contributed by atoms with Crippen LogP contribution in [0.3, 0.4) is 0 Å². The fourth-order valence-corrected chi connectivity index (χ4v) is 4.86. The molecular weight excluding hydrogens is 446 g/mol. The molecule has 0 aromatic heterocycles. The average molecular weight is 466 g/mol. The number of rotatable bonds is 7. The third kappa shape index (κ3) is 4.57. The summed E-state index contributed by atoms with van der Waals surface area (Å²) in [5, 5.41) is 10.7. The Morgan fingerprint density at radius 2 is 1.66 bits per heavy atom. The number of ether oxygens (including phenoxy) is 2. The van der Waals surface area contributed by atoms with Crippen LogP contribution >= 0.6 is 0 Å². The highest BCUT2D eigenvalue weighted by molar-refractivity contribution is 7.89. The number of carbonyl (C=O) groups excluding carboxylic acids is 1. The van der Waals surface area contributed by atoms with E-state index in [9.17, 15) is 27.2 Å². The van der Waals surface area contributed by atoms with Crippen LogP contribution in [0.15, 0.2) is 65.1 Å². The van der Waals surface area contributed by atoms with E-state index in [1.807, 2.05) is 0 Å². The summed E-state index contributed by atoms with van der Waals surface area (Å²) in [6, 6.07) is 9.38. The van der Waals surface area contributed by atoms with Crippen molar-refractivity contribution in [1.82, 2.24) is 9.59 Å². The van der Waals surface area contributed by atoms with E-state index >= 15 is 0 Å². The maximum absolute atomic E-state index is 13.3. The lowest BCUT2D eigenvalue weighted by molar-refractivity contribution is -0.206. The molecule has 0 saturated carbocycles. The van der Waals surface area contributed by atoms with Gasteiger partial charge in [-0.25, -0.2) is 17.2 Å². The number of hydrazine groups is 1. The minimum atomic E-state index is -4.43. The van der Waals surface area contributed by atoms with Crippen LogP contribution in [-0.2, 0) is 30.7 Å². The summed E-state index contributed by atoms with van der Waals surface area (Å²) in [6.45, 7) is -0.237.